The van der Waals surface area contributed by atoms with Crippen LogP contribution < -0.4 is 0 Å². The Morgan fingerprint density at radius 1 is 0.545 bits per heavy atom. The average Bonchev–Trinajstić information content (AvgIpc) is 2.56. The first-order chi connectivity index (χ1) is 10.6. The van der Waals surface area contributed by atoms with E-state index in [0.29, 0.717) is 0 Å². The zero-order chi connectivity index (χ0) is 15.5. The number of allylic oxidation sites excluding steroid dienone is 1. The molecule has 0 saturated heterocycles. The van der Waals surface area contributed by atoms with E-state index in [-0.39, 0.29) is 0 Å². The molecule has 0 N–H and O–H groups in total. The molecular formula is C22H38. The smallest absolute Gasteiger partial charge is 0.0203 e. The highest BCUT2D eigenvalue weighted by molar-refractivity contribution is 5.08. The largest absolute Gasteiger partial charge is 0.0993 e. The molecule has 0 unspecified atom stereocenters. The maximum atomic E-state index is 4.57. The summed E-state index contributed by atoms with van der Waals surface area (Å²) >= 11 is 0. The van der Waals surface area contributed by atoms with Crippen molar-refractivity contribution in [1.29, 1.82) is 0 Å². The molecule has 0 aromatic rings. The lowest BCUT2D eigenvalue weighted by Crippen LogP contribution is -2.27. The van der Waals surface area contributed by atoms with E-state index in [9.17, 15) is 0 Å². The third-order valence-electron chi connectivity index (χ3n) is 7.56. The third kappa shape index (κ3) is 3.98. The molecular weight excluding hydrogens is 264 g/mol. The van der Waals surface area contributed by atoms with E-state index in [4.69, 9.17) is 0 Å². The van der Waals surface area contributed by atoms with Crippen LogP contribution in [-0.4, -0.2) is 0 Å². The van der Waals surface area contributed by atoms with E-state index in [1.807, 2.05) is 0 Å². The Labute approximate surface area is 139 Å². The Hall–Kier alpha value is -0.260. The summed E-state index contributed by atoms with van der Waals surface area (Å²) in [5, 5.41) is 0. The van der Waals surface area contributed by atoms with Gasteiger partial charge in [0.1, 0.15) is 0 Å². The minimum Gasteiger partial charge on any atom is -0.0993 e. The normalized spacial score (nSPS) is 43.7. The molecule has 3 rings (SSSR count). The second-order valence-corrected chi connectivity index (χ2v) is 9.16. The quantitative estimate of drug-likeness (QED) is 0.492. The lowest BCUT2D eigenvalue weighted by atomic mass is 9.66. The molecule has 0 nitrogen and oxygen atoms in total. The van der Waals surface area contributed by atoms with Gasteiger partial charge >= 0.3 is 0 Å². The van der Waals surface area contributed by atoms with Crippen LogP contribution >= 0.6 is 0 Å². The summed E-state index contributed by atoms with van der Waals surface area (Å²) in [6.07, 6.45) is 17.7. The summed E-state index contributed by atoms with van der Waals surface area (Å²) in [7, 11) is 0. The molecule has 0 spiro atoms. The molecule has 3 fully saturated rings. The van der Waals surface area contributed by atoms with Crippen LogP contribution in [0.4, 0.5) is 0 Å². The fourth-order valence-corrected chi connectivity index (χ4v) is 5.68. The maximum absolute atomic E-state index is 4.57. The van der Waals surface area contributed by atoms with Crippen LogP contribution in [0.15, 0.2) is 12.2 Å². The summed E-state index contributed by atoms with van der Waals surface area (Å²) < 4.78 is 0. The van der Waals surface area contributed by atoms with Crippen molar-refractivity contribution >= 4 is 0 Å². The third-order valence-corrected chi connectivity index (χ3v) is 7.56. The molecule has 0 aromatic carbocycles. The highest BCUT2D eigenvalue weighted by Crippen LogP contribution is 2.45. The molecule has 0 aliphatic heterocycles. The average molecular weight is 303 g/mol. The molecule has 0 bridgehead atoms. The molecule has 0 heteroatoms. The number of rotatable bonds is 3. The van der Waals surface area contributed by atoms with Crippen LogP contribution in [0.2, 0.25) is 0 Å². The van der Waals surface area contributed by atoms with Crippen LogP contribution in [0.5, 0.6) is 0 Å². The second-order valence-electron chi connectivity index (χ2n) is 9.16. The van der Waals surface area contributed by atoms with E-state index in [1.54, 1.807) is 5.57 Å². The lowest BCUT2D eigenvalue weighted by molar-refractivity contribution is 0.153. The minimum atomic E-state index is 0.869. The van der Waals surface area contributed by atoms with Gasteiger partial charge in [-0.25, -0.2) is 0 Å². The SMILES string of the molecule is C=C(C1CCC(C)CC1)C1CCC(C2CCC(C)CC2)CC1. The first-order valence-corrected chi connectivity index (χ1v) is 10.3. The van der Waals surface area contributed by atoms with E-state index in [0.717, 1.165) is 35.5 Å². The van der Waals surface area contributed by atoms with Crippen molar-refractivity contribution in [2.75, 3.05) is 0 Å². The van der Waals surface area contributed by atoms with Gasteiger partial charge in [-0.1, -0.05) is 51.7 Å². The van der Waals surface area contributed by atoms with Gasteiger partial charge in [0.05, 0.1) is 0 Å². The molecule has 0 aromatic heterocycles. The van der Waals surface area contributed by atoms with Gasteiger partial charge in [0.25, 0.3) is 0 Å². The Morgan fingerprint density at radius 2 is 0.864 bits per heavy atom. The predicted molar refractivity (Wildman–Crippen MR) is 96.8 cm³/mol. The first-order valence-electron chi connectivity index (χ1n) is 10.3. The second kappa shape index (κ2) is 7.54. The summed E-state index contributed by atoms with van der Waals surface area (Å²) in [6, 6.07) is 0. The van der Waals surface area contributed by atoms with Crippen LogP contribution in [0.25, 0.3) is 0 Å². The highest BCUT2D eigenvalue weighted by atomic mass is 14.4. The van der Waals surface area contributed by atoms with E-state index in [2.05, 4.69) is 20.4 Å². The van der Waals surface area contributed by atoms with E-state index in [1.165, 1.54) is 77.0 Å². The Kier molecular flexibility index (Phi) is 5.69. The molecule has 0 heterocycles. The molecule has 3 aliphatic rings. The van der Waals surface area contributed by atoms with Crippen molar-refractivity contribution in [2.45, 2.75) is 90.9 Å². The van der Waals surface area contributed by atoms with Crippen LogP contribution in [-0.2, 0) is 0 Å². The highest BCUT2D eigenvalue weighted by Gasteiger charge is 2.32. The van der Waals surface area contributed by atoms with Gasteiger partial charge in [-0.2, -0.15) is 0 Å². The Morgan fingerprint density at radius 3 is 1.32 bits per heavy atom. The summed E-state index contributed by atoms with van der Waals surface area (Å²) in [4.78, 5) is 0. The Balaban J connectivity index is 1.44. The molecule has 22 heavy (non-hydrogen) atoms. The van der Waals surface area contributed by atoms with Crippen LogP contribution in [0, 0.1) is 35.5 Å². The van der Waals surface area contributed by atoms with Crippen molar-refractivity contribution in [1.82, 2.24) is 0 Å². The number of hydrogen-bond acceptors (Lipinski definition) is 0. The first kappa shape index (κ1) is 16.6. The zero-order valence-corrected chi connectivity index (χ0v) is 15.2. The molecule has 0 atom stereocenters. The van der Waals surface area contributed by atoms with Crippen molar-refractivity contribution < 1.29 is 0 Å². The van der Waals surface area contributed by atoms with Crippen molar-refractivity contribution in [3.8, 4) is 0 Å². The van der Waals surface area contributed by atoms with Crippen molar-refractivity contribution in [3.05, 3.63) is 12.2 Å². The molecule has 126 valence electrons. The van der Waals surface area contributed by atoms with Gasteiger partial charge in [0.15, 0.2) is 0 Å². The van der Waals surface area contributed by atoms with E-state index >= 15 is 0 Å². The fourth-order valence-electron chi connectivity index (χ4n) is 5.68. The fraction of sp³-hybridized carbons (Fsp3) is 0.909. The van der Waals surface area contributed by atoms with Gasteiger partial charge in [0.2, 0.25) is 0 Å². The monoisotopic (exact) mass is 302 g/mol. The topological polar surface area (TPSA) is 0 Å². The maximum Gasteiger partial charge on any atom is -0.0203 e. The van der Waals surface area contributed by atoms with Gasteiger partial charge in [0, 0.05) is 0 Å². The van der Waals surface area contributed by atoms with Gasteiger partial charge < -0.3 is 0 Å². The van der Waals surface area contributed by atoms with Crippen molar-refractivity contribution in [2.24, 2.45) is 35.5 Å². The number of hydrogen-bond donors (Lipinski definition) is 0. The molecule has 3 aliphatic carbocycles. The standard InChI is InChI=1S/C22H38/c1-16-4-8-19(9-5-16)18(3)20-12-14-22(15-13-20)21-10-6-17(2)7-11-21/h16-17,19-22H,3-15H2,1-2H3. The van der Waals surface area contributed by atoms with Crippen molar-refractivity contribution in [3.63, 3.8) is 0 Å². The van der Waals surface area contributed by atoms with Crippen LogP contribution in [0.1, 0.15) is 90.9 Å². The molecule has 0 radical (unpaired) electrons. The van der Waals surface area contributed by atoms with Gasteiger partial charge in [-0.15, -0.1) is 0 Å². The molecule has 0 amide bonds. The lowest BCUT2D eigenvalue weighted by Gasteiger charge is -2.39. The van der Waals surface area contributed by atoms with E-state index < -0.39 is 0 Å². The summed E-state index contributed by atoms with van der Waals surface area (Å²) in [5.41, 5.74) is 1.66. The minimum absolute atomic E-state index is 0.869. The predicted octanol–water partition coefficient (Wildman–Crippen LogP) is 7.00. The van der Waals surface area contributed by atoms with Gasteiger partial charge in [-0.3, -0.25) is 0 Å². The van der Waals surface area contributed by atoms with Crippen LogP contribution in [0.3, 0.4) is 0 Å². The zero-order valence-electron chi connectivity index (χ0n) is 15.2. The molecule has 3 saturated carbocycles. The Bertz CT molecular complexity index is 344. The van der Waals surface area contributed by atoms with Gasteiger partial charge in [-0.05, 0) is 86.9 Å². The summed E-state index contributed by atoms with van der Waals surface area (Å²) in [5.74, 6) is 5.84. The summed E-state index contributed by atoms with van der Waals surface area (Å²) in [6.45, 7) is 9.45.